The summed E-state index contributed by atoms with van der Waals surface area (Å²) < 4.78 is 2.80. The molecular formula is C12H20S6. The fraction of sp³-hybridized carbons (Fsp3) is 1.00. The van der Waals surface area contributed by atoms with E-state index in [0.29, 0.717) is 0 Å². The zero-order valence-corrected chi connectivity index (χ0v) is 15.3. The van der Waals surface area contributed by atoms with Gasteiger partial charge in [0.05, 0.1) is 13.7 Å². The van der Waals surface area contributed by atoms with Gasteiger partial charge in [-0.15, -0.1) is 70.6 Å². The van der Waals surface area contributed by atoms with E-state index in [2.05, 4.69) is 70.6 Å². The Morgan fingerprint density at radius 2 is 1.22 bits per heavy atom. The monoisotopic (exact) mass is 356 g/mol. The Labute approximate surface area is 136 Å². The van der Waals surface area contributed by atoms with E-state index in [1.54, 1.807) is 0 Å². The van der Waals surface area contributed by atoms with Crippen LogP contribution in [0.4, 0.5) is 0 Å². The van der Waals surface area contributed by atoms with Crippen molar-refractivity contribution in [3.8, 4) is 0 Å². The number of thioether (sulfide) groups is 6. The van der Waals surface area contributed by atoms with Gasteiger partial charge in [-0.2, -0.15) is 0 Å². The molecule has 3 rings (SSSR count). The van der Waals surface area contributed by atoms with Gasteiger partial charge in [-0.25, -0.2) is 0 Å². The highest BCUT2D eigenvalue weighted by Crippen LogP contribution is 2.45. The summed E-state index contributed by atoms with van der Waals surface area (Å²) >= 11 is 13.3. The molecule has 0 bridgehead atoms. The molecule has 3 heterocycles. The lowest BCUT2D eigenvalue weighted by Crippen LogP contribution is -2.23. The van der Waals surface area contributed by atoms with Gasteiger partial charge in [0.1, 0.15) is 0 Å². The minimum atomic E-state index is 0.903. The first-order valence-corrected chi connectivity index (χ1v) is 12.8. The molecule has 3 saturated heterocycles. The molecule has 0 spiro atoms. The van der Waals surface area contributed by atoms with Crippen LogP contribution in [0.3, 0.4) is 0 Å². The average molecular weight is 357 g/mol. The molecule has 0 nitrogen and oxygen atoms in total. The maximum absolute atomic E-state index is 2.29. The smallest absolute Gasteiger partial charge is 0.0513 e. The van der Waals surface area contributed by atoms with Crippen molar-refractivity contribution in [1.29, 1.82) is 0 Å². The van der Waals surface area contributed by atoms with Crippen molar-refractivity contribution in [2.45, 2.75) is 38.3 Å². The van der Waals surface area contributed by atoms with Crippen LogP contribution in [0.2, 0.25) is 0 Å². The summed E-state index contributed by atoms with van der Waals surface area (Å²) in [5.41, 5.74) is 0. The van der Waals surface area contributed by atoms with E-state index in [4.69, 9.17) is 0 Å². The second-order valence-corrected chi connectivity index (χ2v) is 13.5. The highest BCUT2D eigenvalue weighted by molar-refractivity contribution is 8.21. The zero-order chi connectivity index (χ0) is 12.2. The van der Waals surface area contributed by atoms with Gasteiger partial charge in [0.2, 0.25) is 0 Å². The molecule has 3 aliphatic heterocycles. The molecule has 0 aromatic rings. The van der Waals surface area contributed by atoms with E-state index in [-0.39, 0.29) is 0 Å². The van der Waals surface area contributed by atoms with E-state index in [1.165, 1.54) is 48.0 Å². The summed E-state index contributed by atoms with van der Waals surface area (Å²) in [5, 5.41) is 0.903. The molecule has 0 N–H and O–H groups in total. The normalized spacial score (nSPS) is 36.3. The van der Waals surface area contributed by atoms with Gasteiger partial charge < -0.3 is 0 Å². The third kappa shape index (κ3) is 4.55. The highest BCUT2D eigenvalue weighted by Gasteiger charge is 2.27. The Hall–Kier alpha value is 2.10. The molecule has 0 saturated carbocycles. The van der Waals surface area contributed by atoms with Gasteiger partial charge >= 0.3 is 0 Å². The van der Waals surface area contributed by atoms with Crippen LogP contribution in [-0.2, 0) is 0 Å². The van der Waals surface area contributed by atoms with Gasteiger partial charge in [-0.3, -0.25) is 0 Å². The molecule has 104 valence electrons. The molecule has 3 aliphatic rings. The van der Waals surface area contributed by atoms with Crippen molar-refractivity contribution in [1.82, 2.24) is 0 Å². The number of rotatable bonds is 8. The average Bonchev–Trinajstić information content (AvgIpc) is 2.17. The lowest BCUT2D eigenvalue weighted by atomic mass is 10.5. The van der Waals surface area contributed by atoms with Crippen molar-refractivity contribution < 1.29 is 0 Å². The lowest BCUT2D eigenvalue weighted by molar-refractivity contribution is 0.981. The van der Waals surface area contributed by atoms with Gasteiger partial charge in [0.15, 0.2) is 0 Å². The highest BCUT2D eigenvalue weighted by atomic mass is 32.2. The summed E-state index contributed by atoms with van der Waals surface area (Å²) in [6.45, 7) is 0. The Balaban J connectivity index is 1.36. The van der Waals surface area contributed by atoms with Crippen LogP contribution in [0.5, 0.6) is 0 Å². The Bertz CT molecular complexity index is 231. The number of hydrogen-bond donors (Lipinski definition) is 0. The zero-order valence-electron chi connectivity index (χ0n) is 10.4. The van der Waals surface area contributed by atoms with Crippen molar-refractivity contribution in [3.05, 3.63) is 0 Å². The van der Waals surface area contributed by atoms with E-state index in [1.807, 2.05) is 0 Å². The maximum Gasteiger partial charge on any atom is 0.0513 e. The third-order valence-electron chi connectivity index (χ3n) is 3.25. The second-order valence-electron chi connectivity index (χ2n) is 4.69. The quantitative estimate of drug-likeness (QED) is 0.599. The molecule has 3 fully saturated rings. The van der Waals surface area contributed by atoms with Crippen molar-refractivity contribution in [3.63, 3.8) is 0 Å². The Morgan fingerprint density at radius 1 is 0.778 bits per heavy atom. The first-order chi connectivity index (χ1) is 8.90. The van der Waals surface area contributed by atoms with Crippen molar-refractivity contribution >= 4 is 70.6 Å². The molecule has 0 aromatic carbocycles. The van der Waals surface area contributed by atoms with Crippen LogP contribution in [0.15, 0.2) is 0 Å². The molecule has 0 aromatic heterocycles. The second kappa shape index (κ2) is 7.92. The van der Waals surface area contributed by atoms with Crippen LogP contribution in [0, 0.1) is 0 Å². The minimum Gasteiger partial charge on any atom is -0.148 e. The summed E-state index contributed by atoms with van der Waals surface area (Å²) in [5.74, 6) is 7.00. The lowest BCUT2D eigenvalue weighted by Gasteiger charge is -2.32. The van der Waals surface area contributed by atoms with Crippen LogP contribution >= 0.6 is 70.6 Å². The molecule has 18 heavy (non-hydrogen) atoms. The number of hydrogen-bond acceptors (Lipinski definition) is 6. The molecule has 3 atom stereocenters. The molecule has 3 unspecified atom stereocenters. The van der Waals surface area contributed by atoms with Gasteiger partial charge in [-0.05, 0) is 36.5 Å². The molecule has 6 heteroatoms. The van der Waals surface area contributed by atoms with Gasteiger partial charge in [0.25, 0.3) is 0 Å². The van der Waals surface area contributed by atoms with E-state index in [0.717, 1.165) is 19.0 Å². The Kier molecular flexibility index (Phi) is 6.61. The van der Waals surface area contributed by atoms with E-state index < -0.39 is 0 Å². The van der Waals surface area contributed by atoms with Crippen molar-refractivity contribution in [2.24, 2.45) is 0 Å². The predicted octanol–water partition coefficient (Wildman–Crippen LogP) is 4.94. The first kappa shape index (κ1) is 15.0. The van der Waals surface area contributed by atoms with Gasteiger partial charge in [-0.1, -0.05) is 0 Å². The fourth-order valence-electron chi connectivity index (χ4n) is 1.78. The van der Waals surface area contributed by atoms with Crippen LogP contribution in [0.1, 0.15) is 19.3 Å². The summed E-state index contributed by atoms with van der Waals surface area (Å²) in [6.07, 6.45) is 4.37. The van der Waals surface area contributed by atoms with Crippen LogP contribution < -0.4 is 0 Å². The van der Waals surface area contributed by atoms with E-state index >= 15 is 0 Å². The minimum absolute atomic E-state index is 0.903. The molecule has 0 radical (unpaired) electrons. The SMILES string of the molecule is C1CC(SCC(CSC2CCS2)SC2CCS2)S1. The molecule has 0 aliphatic carbocycles. The third-order valence-corrected chi connectivity index (χ3v) is 12.9. The molecular weight excluding hydrogens is 337 g/mol. The van der Waals surface area contributed by atoms with Crippen LogP contribution in [-0.4, -0.2) is 47.8 Å². The molecule has 0 amide bonds. The summed E-state index contributed by atoms with van der Waals surface area (Å²) in [7, 11) is 0. The summed E-state index contributed by atoms with van der Waals surface area (Å²) in [4.78, 5) is 0. The standard InChI is InChI=1S/C12H20S6/c1-4-13-10(1)16-7-9(18-12-3-6-15-12)8-17-11-2-5-14-11/h9-12H,1-8H2. The first-order valence-electron chi connectivity index (χ1n) is 6.63. The fourth-order valence-corrected chi connectivity index (χ4v) is 10.1. The maximum atomic E-state index is 2.29. The Morgan fingerprint density at radius 3 is 1.56 bits per heavy atom. The topological polar surface area (TPSA) is 0 Å². The van der Waals surface area contributed by atoms with Crippen LogP contribution in [0.25, 0.3) is 0 Å². The summed E-state index contributed by atoms with van der Waals surface area (Å²) in [6, 6.07) is 0. The predicted molar refractivity (Wildman–Crippen MR) is 98.9 cm³/mol. The van der Waals surface area contributed by atoms with Crippen molar-refractivity contribution in [2.75, 3.05) is 28.8 Å². The van der Waals surface area contributed by atoms with E-state index in [9.17, 15) is 0 Å². The van der Waals surface area contributed by atoms with Gasteiger partial charge in [0, 0.05) is 16.8 Å². The largest absolute Gasteiger partial charge is 0.148 e.